The number of hydrogen-bond donors (Lipinski definition) is 1. The molecule has 0 spiro atoms. The van der Waals surface area contributed by atoms with Gasteiger partial charge in [-0.05, 0) is 49.3 Å². The number of benzene rings is 1. The van der Waals surface area contributed by atoms with Crippen LogP contribution in [-0.2, 0) is 6.42 Å². The Morgan fingerprint density at radius 1 is 1.31 bits per heavy atom. The van der Waals surface area contributed by atoms with Gasteiger partial charge in [0.1, 0.15) is 5.75 Å². The highest BCUT2D eigenvalue weighted by atomic mass is 16.5. The van der Waals surface area contributed by atoms with Gasteiger partial charge in [-0.25, -0.2) is 0 Å². The SMILES string of the molecule is COc1ccc(CCC2(O)CC(C)C2)cc1. The Morgan fingerprint density at radius 2 is 1.94 bits per heavy atom. The Balaban J connectivity index is 1.85. The number of rotatable bonds is 4. The summed E-state index contributed by atoms with van der Waals surface area (Å²) in [5.41, 5.74) is 0.882. The lowest BCUT2D eigenvalue weighted by Gasteiger charge is -2.42. The number of hydrogen-bond acceptors (Lipinski definition) is 2. The van der Waals surface area contributed by atoms with E-state index in [2.05, 4.69) is 19.1 Å². The average Bonchev–Trinajstić information content (AvgIpc) is 2.25. The molecule has 1 aliphatic rings. The zero-order chi connectivity index (χ0) is 11.6. The third-order valence-electron chi connectivity index (χ3n) is 3.49. The van der Waals surface area contributed by atoms with Crippen molar-refractivity contribution in [3.8, 4) is 5.75 Å². The molecule has 2 heteroatoms. The first-order valence-electron chi connectivity index (χ1n) is 5.97. The van der Waals surface area contributed by atoms with E-state index in [0.717, 1.165) is 31.4 Å². The van der Waals surface area contributed by atoms with Crippen LogP contribution in [0.3, 0.4) is 0 Å². The van der Waals surface area contributed by atoms with Gasteiger partial charge in [0.15, 0.2) is 0 Å². The molecule has 1 aromatic rings. The van der Waals surface area contributed by atoms with Gasteiger partial charge in [-0.15, -0.1) is 0 Å². The number of aliphatic hydroxyl groups is 1. The van der Waals surface area contributed by atoms with Crippen LogP contribution >= 0.6 is 0 Å². The Labute approximate surface area is 97.3 Å². The van der Waals surface area contributed by atoms with E-state index in [1.807, 2.05) is 12.1 Å². The van der Waals surface area contributed by atoms with Crippen molar-refractivity contribution in [1.29, 1.82) is 0 Å². The van der Waals surface area contributed by atoms with E-state index in [1.165, 1.54) is 5.56 Å². The summed E-state index contributed by atoms with van der Waals surface area (Å²) in [4.78, 5) is 0. The van der Waals surface area contributed by atoms with Gasteiger partial charge in [0.2, 0.25) is 0 Å². The molecule has 0 bridgehead atoms. The van der Waals surface area contributed by atoms with E-state index in [4.69, 9.17) is 4.74 Å². The summed E-state index contributed by atoms with van der Waals surface area (Å²) in [6.07, 6.45) is 3.75. The summed E-state index contributed by atoms with van der Waals surface area (Å²) >= 11 is 0. The normalized spacial score (nSPS) is 28.6. The van der Waals surface area contributed by atoms with E-state index in [0.29, 0.717) is 5.92 Å². The van der Waals surface area contributed by atoms with Crippen LogP contribution in [0.25, 0.3) is 0 Å². The molecule has 0 unspecified atom stereocenters. The van der Waals surface area contributed by atoms with Crippen molar-refractivity contribution in [2.24, 2.45) is 5.92 Å². The second-order valence-electron chi connectivity index (χ2n) is 5.09. The highest BCUT2D eigenvalue weighted by Crippen LogP contribution is 2.40. The summed E-state index contributed by atoms with van der Waals surface area (Å²) in [7, 11) is 1.67. The summed E-state index contributed by atoms with van der Waals surface area (Å²) in [6, 6.07) is 8.10. The second kappa shape index (κ2) is 4.46. The van der Waals surface area contributed by atoms with Crippen LogP contribution in [0.2, 0.25) is 0 Å². The minimum Gasteiger partial charge on any atom is -0.497 e. The first-order valence-corrected chi connectivity index (χ1v) is 5.97. The van der Waals surface area contributed by atoms with Crippen molar-refractivity contribution in [3.63, 3.8) is 0 Å². The summed E-state index contributed by atoms with van der Waals surface area (Å²) in [5, 5.41) is 10.1. The van der Waals surface area contributed by atoms with Crippen LogP contribution in [0.5, 0.6) is 5.75 Å². The van der Waals surface area contributed by atoms with Gasteiger partial charge in [0.25, 0.3) is 0 Å². The molecule has 16 heavy (non-hydrogen) atoms. The maximum absolute atomic E-state index is 10.1. The van der Waals surface area contributed by atoms with Gasteiger partial charge in [0, 0.05) is 0 Å². The molecule has 1 aromatic carbocycles. The zero-order valence-electron chi connectivity index (χ0n) is 10.1. The molecule has 2 rings (SSSR count). The monoisotopic (exact) mass is 220 g/mol. The Hall–Kier alpha value is -1.02. The molecule has 1 N–H and O–H groups in total. The standard InChI is InChI=1S/C14H20O2/c1-11-9-14(15,10-11)8-7-12-3-5-13(16-2)6-4-12/h3-6,11,15H,7-10H2,1-2H3. The third-order valence-corrected chi connectivity index (χ3v) is 3.49. The van der Waals surface area contributed by atoms with Crippen LogP contribution in [0, 0.1) is 5.92 Å². The molecular weight excluding hydrogens is 200 g/mol. The molecule has 0 atom stereocenters. The fourth-order valence-corrected chi connectivity index (χ4v) is 2.61. The van der Waals surface area contributed by atoms with E-state index >= 15 is 0 Å². The minimum absolute atomic E-state index is 0.390. The van der Waals surface area contributed by atoms with Crippen LogP contribution < -0.4 is 4.74 Å². The van der Waals surface area contributed by atoms with Crippen LogP contribution in [0.4, 0.5) is 0 Å². The zero-order valence-corrected chi connectivity index (χ0v) is 10.1. The van der Waals surface area contributed by atoms with Crippen molar-refractivity contribution < 1.29 is 9.84 Å². The van der Waals surface area contributed by atoms with Crippen molar-refractivity contribution in [2.45, 2.75) is 38.2 Å². The smallest absolute Gasteiger partial charge is 0.118 e. The predicted octanol–water partition coefficient (Wildman–Crippen LogP) is 2.79. The number of ether oxygens (including phenoxy) is 1. The third kappa shape index (κ3) is 2.56. The maximum Gasteiger partial charge on any atom is 0.118 e. The van der Waals surface area contributed by atoms with Crippen LogP contribution in [-0.4, -0.2) is 17.8 Å². The number of aryl methyl sites for hydroxylation is 1. The average molecular weight is 220 g/mol. The van der Waals surface area contributed by atoms with Crippen molar-refractivity contribution in [2.75, 3.05) is 7.11 Å². The van der Waals surface area contributed by atoms with Gasteiger partial charge >= 0.3 is 0 Å². The fourth-order valence-electron chi connectivity index (χ4n) is 2.61. The van der Waals surface area contributed by atoms with E-state index in [-0.39, 0.29) is 5.60 Å². The molecule has 0 aromatic heterocycles. The lowest BCUT2D eigenvalue weighted by atomic mass is 9.69. The van der Waals surface area contributed by atoms with E-state index in [1.54, 1.807) is 7.11 Å². The lowest BCUT2D eigenvalue weighted by molar-refractivity contribution is -0.0732. The first-order chi connectivity index (χ1) is 7.61. The van der Waals surface area contributed by atoms with Crippen LogP contribution in [0.1, 0.15) is 31.7 Å². The van der Waals surface area contributed by atoms with Gasteiger partial charge < -0.3 is 9.84 Å². The van der Waals surface area contributed by atoms with Gasteiger partial charge in [-0.3, -0.25) is 0 Å². The van der Waals surface area contributed by atoms with Gasteiger partial charge in [0.05, 0.1) is 12.7 Å². The molecule has 1 saturated carbocycles. The Bertz CT molecular complexity index is 336. The molecule has 0 aliphatic heterocycles. The molecule has 0 radical (unpaired) electrons. The fraction of sp³-hybridized carbons (Fsp3) is 0.571. The minimum atomic E-state index is -0.390. The molecule has 1 aliphatic carbocycles. The molecule has 0 amide bonds. The highest BCUT2D eigenvalue weighted by molar-refractivity contribution is 5.27. The van der Waals surface area contributed by atoms with E-state index < -0.39 is 0 Å². The molecule has 0 heterocycles. The second-order valence-corrected chi connectivity index (χ2v) is 5.09. The molecule has 88 valence electrons. The summed E-state index contributed by atoms with van der Waals surface area (Å²) in [6.45, 7) is 2.20. The largest absolute Gasteiger partial charge is 0.497 e. The quantitative estimate of drug-likeness (QED) is 0.845. The Morgan fingerprint density at radius 3 is 2.44 bits per heavy atom. The van der Waals surface area contributed by atoms with Crippen LogP contribution in [0.15, 0.2) is 24.3 Å². The molecule has 2 nitrogen and oxygen atoms in total. The van der Waals surface area contributed by atoms with Gasteiger partial charge in [-0.2, -0.15) is 0 Å². The van der Waals surface area contributed by atoms with E-state index in [9.17, 15) is 5.11 Å². The highest BCUT2D eigenvalue weighted by Gasteiger charge is 2.39. The number of methoxy groups -OCH3 is 1. The topological polar surface area (TPSA) is 29.5 Å². The summed E-state index contributed by atoms with van der Waals surface area (Å²) < 4.78 is 5.11. The summed E-state index contributed by atoms with van der Waals surface area (Å²) in [5.74, 6) is 1.58. The van der Waals surface area contributed by atoms with Crippen molar-refractivity contribution in [1.82, 2.24) is 0 Å². The molecule has 0 saturated heterocycles. The molecular formula is C14H20O2. The first kappa shape index (κ1) is 11.5. The van der Waals surface area contributed by atoms with Crippen molar-refractivity contribution in [3.05, 3.63) is 29.8 Å². The predicted molar refractivity (Wildman–Crippen MR) is 64.7 cm³/mol. The molecule has 1 fully saturated rings. The van der Waals surface area contributed by atoms with Gasteiger partial charge in [-0.1, -0.05) is 19.1 Å². The lowest BCUT2D eigenvalue weighted by Crippen LogP contribution is -2.42. The van der Waals surface area contributed by atoms with Crippen molar-refractivity contribution >= 4 is 0 Å². The Kier molecular flexibility index (Phi) is 3.20. The maximum atomic E-state index is 10.1.